The third kappa shape index (κ3) is 7.50. The number of rotatable bonds is 10. The zero-order valence-corrected chi connectivity index (χ0v) is 36.0. The van der Waals surface area contributed by atoms with E-state index < -0.39 is 71.4 Å². The number of hydroxylamine groups is 2. The topological polar surface area (TPSA) is 166 Å². The summed E-state index contributed by atoms with van der Waals surface area (Å²) < 4.78 is 29.7. The third-order valence-electron chi connectivity index (χ3n) is 15.0. The van der Waals surface area contributed by atoms with Crippen LogP contribution in [0.25, 0.3) is 6.08 Å². The average molecular weight is 834 g/mol. The highest BCUT2D eigenvalue weighted by Crippen LogP contribution is 2.60. The molecule has 0 aromatic heterocycles. The second-order valence-corrected chi connectivity index (χ2v) is 20.6. The van der Waals surface area contributed by atoms with Gasteiger partial charge in [-0.05, 0) is 107 Å². The molecule has 3 saturated carbocycles. The molecule has 14 nitrogen and oxygen atoms in total. The number of carbonyl (C=O) groups excluding carboxylic acids is 4. The van der Waals surface area contributed by atoms with Crippen LogP contribution >= 0.6 is 0 Å². The van der Waals surface area contributed by atoms with Crippen LogP contribution in [0.2, 0.25) is 0 Å². The molecule has 5 saturated heterocycles. The second-order valence-electron chi connectivity index (χ2n) is 20.6. The number of hydrogen-bond acceptors (Lipinski definition) is 12. The summed E-state index contributed by atoms with van der Waals surface area (Å²) in [6, 6.07) is 5.68. The minimum atomic E-state index is -1.40. The number of fused-ring (bicyclic) bond motifs is 6. The van der Waals surface area contributed by atoms with E-state index >= 15 is 4.79 Å². The van der Waals surface area contributed by atoms with Crippen LogP contribution in [0.15, 0.2) is 29.8 Å². The number of ether oxygens (including phenoxy) is 5. The monoisotopic (exact) mass is 833 g/mol. The van der Waals surface area contributed by atoms with Crippen LogP contribution in [-0.2, 0) is 54.2 Å². The summed E-state index contributed by atoms with van der Waals surface area (Å²) in [5.41, 5.74) is 1.76. The Morgan fingerprint density at radius 1 is 1.08 bits per heavy atom. The number of benzene rings is 1. The number of nitrogens with zero attached hydrogens (tertiary/aromatic N) is 2. The van der Waals surface area contributed by atoms with Crippen LogP contribution < -0.4 is 5.32 Å². The molecule has 60 heavy (non-hydrogen) atoms. The van der Waals surface area contributed by atoms with Crippen LogP contribution in [0.5, 0.6) is 0 Å². The SMILES string of the molecule is CC(C)(C)OC(=O)CCC(CO)NC(=O)C1CCCN1C(=O)C12CC3OC(=O)C1N(Cc1cccc(C=C4CCC5OC5(C)CCC5C4CC5(C)C)c1)OC2C1OCOC31. The van der Waals surface area contributed by atoms with Crippen molar-refractivity contribution in [2.45, 2.75) is 172 Å². The van der Waals surface area contributed by atoms with E-state index in [2.05, 4.69) is 44.3 Å². The first-order valence-electron chi connectivity index (χ1n) is 22.3. The largest absolute Gasteiger partial charge is 0.460 e. The third-order valence-corrected chi connectivity index (χ3v) is 15.0. The minimum Gasteiger partial charge on any atom is -0.460 e. The molecular weight excluding hydrogens is 771 g/mol. The summed E-state index contributed by atoms with van der Waals surface area (Å²) in [6.45, 7) is 12.5. The summed E-state index contributed by atoms with van der Waals surface area (Å²) in [5, 5.41) is 14.6. The van der Waals surface area contributed by atoms with Gasteiger partial charge in [-0.1, -0.05) is 49.8 Å². The van der Waals surface area contributed by atoms with Gasteiger partial charge in [-0.3, -0.25) is 24.0 Å². The summed E-state index contributed by atoms with van der Waals surface area (Å²) >= 11 is 0. The Hall–Kier alpha value is -3.40. The number of aliphatic hydroxyl groups excluding tert-OH is 1. The van der Waals surface area contributed by atoms with E-state index in [1.807, 2.05) is 12.1 Å². The number of hydrogen-bond donors (Lipinski definition) is 2. The lowest BCUT2D eigenvalue weighted by molar-refractivity contribution is -0.204. The van der Waals surface area contributed by atoms with E-state index in [9.17, 15) is 19.5 Å². The molecule has 1 aromatic carbocycles. The van der Waals surface area contributed by atoms with Gasteiger partial charge in [-0.2, -0.15) is 5.06 Å². The number of nitrogens with one attached hydrogen (secondary N) is 1. The molecule has 12 unspecified atom stereocenters. The standard InChI is InChI=1S/C46H63N3O11/c1-43(2,3)59-35(51)15-13-29(24-50)47-40(52)32-11-8-18-48(32)42(54)46-22-33-36-37(56-25-55-36)39(46)60-49(38(46)41(53)57-33)23-27-10-7-9-26(19-27)20-28-12-14-34-45(6,58-34)17-16-31-30(28)21-44(31,4)5/h7,9-10,19-20,29-34,36-39,50H,8,11-18,21-25H2,1-6H3,(H,47,52). The number of esters is 2. The summed E-state index contributed by atoms with van der Waals surface area (Å²) in [6.07, 6.45) is 6.71. The summed E-state index contributed by atoms with van der Waals surface area (Å²) in [5.74, 6) is -0.585. The molecule has 5 aliphatic heterocycles. The molecule has 14 heteroatoms. The van der Waals surface area contributed by atoms with Crippen molar-refractivity contribution in [2.75, 3.05) is 19.9 Å². The lowest BCUT2D eigenvalue weighted by Crippen LogP contribution is -2.70. The second kappa shape index (κ2) is 15.4. The van der Waals surface area contributed by atoms with Crippen molar-refractivity contribution >= 4 is 29.8 Å². The number of aliphatic hydroxyl groups is 1. The highest BCUT2D eigenvalue weighted by atomic mass is 16.8. The van der Waals surface area contributed by atoms with Gasteiger partial charge in [0, 0.05) is 19.4 Å². The molecule has 0 radical (unpaired) electrons. The lowest BCUT2D eigenvalue weighted by atomic mass is 9.52. The number of allylic oxidation sites excluding steroid dienone is 1. The maximum Gasteiger partial charge on any atom is 0.327 e. The Labute approximate surface area is 352 Å². The Morgan fingerprint density at radius 3 is 2.65 bits per heavy atom. The molecule has 8 fully saturated rings. The Bertz CT molecular complexity index is 1910. The van der Waals surface area contributed by atoms with Crippen LogP contribution in [0.1, 0.15) is 117 Å². The smallest absolute Gasteiger partial charge is 0.327 e. The average Bonchev–Trinajstić information content (AvgIpc) is 3.65. The van der Waals surface area contributed by atoms with Gasteiger partial charge in [0.2, 0.25) is 11.8 Å². The summed E-state index contributed by atoms with van der Waals surface area (Å²) in [4.78, 5) is 64.1. The van der Waals surface area contributed by atoms with Crippen molar-refractivity contribution < 1.29 is 52.8 Å². The fourth-order valence-electron chi connectivity index (χ4n) is 11.9. The molecular formula is C46H63N3O11. The van der Waals surface area contributed by atoms with E-state index in [0.717, 1.165) is 30.4 Å². The van der Waals surface area contributed by atoms with Crippen molar-refractivity contribution in [1.82, 2.24) is 15.3 Å². The van der Waals surface area contributed by atoms with Gasteiger partial charge >= 0.3 is 11.9 Å². The molecule has 9 rings (SSSR count). The van der Waals surface area contributed by atoms with Crippen molar-refractivity contribution in [3.63, 3.8) is 0 Å². The molecule has 328 valence electrons. The Kier molecular flexibility index (Phi) is 10.8. The molecule has 8 aliphatic rings. The van der Waals surface area contributed by atoms with E-state index in [1.165, 1.54) is 18.4 Å². The van der Waals surface area contributed by atoms with Gasteiger partial charge in [0.15, 0.2) is 6.04 Å². The molecule has 1 aromatic rings. The van der Waals surface area contributed by atoms with Gasteiger partial charge in [0.1, 0.15) is 48.3 Å². The quantitative estimate of drug-likeness (QED) is 0.249. The van der Waals surface area contributed by atoms with Crippen LogP contribution in [-0.4, -0.2) is 119 Å². The van der Waals surface area contributed by atoms with Gasteiger partial charge in [-0.15, -0.1) is 0 Å². The first-order valence-corrected chi connectivity index (χ1v) is 22.3. The molecule has 2 bridgehead atoms. The maximum absolute atomic E-state index is 15.3. The fraction of sp³-hybridized carbons (Fsp3) is 0.739. The van der Waals surface area contributed by atoms with Crippen molar-refractivity contribution in [3.05, 3.63) is 41.0 Å². The van der Waals surface area contributed by atoms with Crippen LogP contribution in [0, 0.1) is 22.7 Å². The van der Waals surface area contributed by atoms with Crippen LogP contribution in [0.4, 0.5) is 0 Å². The Balaban J connectivity index is 0.952. The highest BCUT2D eigenvalue weighted by Gasteiger charge is 2.75. The predicted octanol–water partition coefficient (Wildman–Crippen LogP) is 4.60. The summed E-state index contributed by atoms with van der Waals surface area (Å²) in [7, 11) is 0. The van der Waals surface area contributed by atoms with Crippen molar-refractivity contribution in [3.8, 4) is 0 Å². The number of carbonyl (C=O) groups is 4. The van der Waals surface area contributed by atoms with Crippen LogP contribution in [0.3, 0.4) is 0 Å². The van der Waals surface area contributed by atoms with Gasteiger partial charge in [-0.25, -0.2) is 0 Å². The number of likely N-dealkylation sites (tertiary alicyclic amines) is 1. The normalized spacial score (nSPS) is 38.9. The lowest BCUT2D eigenvalue weighted by Gasteiger charge is -2.53. The fourth-order valence-corrected chi connectivity index (χ4v) is 11.9. The molecule has 5 heterocycles. The van der Waals surface area contributed by atoms with E-state index in [4.69, 9.17) is 28.5 Å². The van der Waals surface area contributed by atoms with Crippen molar-refractivity contribution in [1.29, 1.82) is 0 Å². The van der Waals surface area contributed by atoms with E-state index in [1.54, 1.807) is 30.7 Å². The molecule has 2 amide bonds. The first kappa shape index (κ1) is 41.9. The highest BCUT2D eigenvalue weighted by molar-refractivity contribution is 5.96. The zero-order chi connectivity index (χ0) is 42.4. The van der Waals surface area contributed by atoms with E-state index in [0.29, 0.717) is 42.7 Å². The minimum absolute atomic E-state index is 0.0128. The molecule has 0 spiro atoms. The Morgan fingerprint density at radius 2 is 1.88 bits per heavy atom. The number of epoxide rings is 1. The number of amides is 2. The predicted molar refractivity (Wildman–Crippen MR) is 216 cm³/mol. The maximum atomic E-state index is 15.3. The van der Waals surface area contributed by atoms with Gasteiger partial charge in [0.05, 0.1) is 30.9 Å². The molecule has 2 N–H and O–H groups in total. The zero-order valence-electron chi connectivity index (χ0n) is 36.0. The van der Waals surface area contributed by atoms with Gasteiger partial charge < -0.3 is 39.0 Å². The van der Waals surface area contributed by atoms with Gasteiger partial charge in [0.25, 0.3) is 0 Å². The van der Waals surface area contributed by atoms with E-state index in [-0.39, 0.29) is 50.7 Å². The molecule has 12 atom stereocenters. The first-order chi connectivity index (χ1) is 28.5. The van der Waals surface area contributed by atoms with Crippen molar-refractivity contribution in [2.24, 2.45) is 22.7 Å². The molecule has 3 aliphatic carbocycles.